The van der Waals surface area contributed by atoms with Gasteiger partial charge in [-0.2, -0.15) is 13.2 Å². The summed E-state index contributed by atoms with van der Waals surface area (Å²) < 4.78 is 40.4. The van der Waals surface area contributed by atoms with E-state index in [-0.39, 0.29) is 12.2 Å². The number of aromatic nitrogens is 1. The number of hydrogen-bond donors (Lipinski definition) is 2. The van der Waals surface area contributed by atoms with Gasteiger partial charge in [-0.05, 0) is 13.0 Å². The minimum atomic E-state index is -5.01. The molecule has 0 aromatic carbocycles. The number of allylic oxidation sites excluding steroid dienone is 1. The van der Waals surface area contributed by atoms with Crippen molar-refractivity contribution in [2.75, 3.05) is 10.2 Å². The number of rotatable bonds is 5. The minimum Gasteiger partial charge on any atom is -0.365 e. The third-order valence-electron chi connectivity index (χ3n) is 3.09. The first kappa shape index (κ1) is 18.5. The summed E-state index contributed by atoms with van der Waals surface area (Å²) in [5.74, 6) is -2.17. The second-order valence-corrected chi connectivity index (χ2v) is 6.01. The van der Waals surface area contributed by atoms with Crippen molar-refractivity contribution in [3.63, 3.8) is 0 Å². The lowest BCUT2D eigenvalue weighted by Gasteiger charge is -2.26. The molecule has 1 aliphatic rings. The van der Waals surface area contributed by atoms with Crippen LogP contribution in [0.3, 0.4) is 0 Å². The fraction of sp³-hybridized carbons (Fsp3) is 0.250. The zero-order valence-corrected chi connectivity index (χ0v) is 13.2. The first-order valence-corrected chi connectivity index (χ1v) is 7.38. The van der Waals surface area contributed by atoms with Crippen molar-refractivity contribution in [3.05, 3.63) is 32.8 Å². The number of hydrogen-bond acceptors (Lipinski definition) is 7. The summed E-state index contributed by atoms with van der Waals surface area (Å²) in [6.07, 6.45) is -4.79. The average molecular weight is 377 g/mol. The van der Waals surface area contributed by atoms with Gasteiger partial charge in [0.1, 0.15) is 16.4 Å². The lowest BCUT2D eigenvalue weighted by Crippen LogP contribution is -2.35. The van der Waals surface area contributed by atoms with Crippen LogP contribution >= 0.6 is 11.8 Å². The van der Waals surface area contributed by atoms with Crippen molar-refractivity contribution in [1.82, 2.24) is 4.98 Å². The number of carbonyl (C=O) groups is 2. The van der Waals surface area contributed by atoms with Crippen LogP contribution in [0.2, 0.25) is 0 Å². The molecule has 1 unspecified atom stereocenters. The number of nitrogens with two attached hydrogens (primary N) is 1. The molecule has 25 heavy (non-hydrogen) atoms. The third-order valence-corrected chi connectivity index (χ3v) is 4.27. The van der Waals surface area contributed by atoms with E-state index < -0.39 is 44.5 Å². The van der Waals surface area contributed by atoms with E-state index in [4.69, 9.17) is 5.73 Å². The fourth-order valence-electron chi connectivity index (χ4n) is 2.19. The standard InChI is InChI=1S/C12H10F3N5O4S/c1-5-19(9(12(13,14)15)8(25-5)10(16)22)11-6(20(23)24)2-3-7(18-11)17-4-21/h2-5H,1H3,(H2,16,22)(H,17,18,21). The highest BCUT2D eigenvalue weighted by molar-refractivity contribution is 8.05. The number of thioether (sulfide) groups is 1. The molecular weight excluding hydrogens is 367 g/mol. The topological polar surface area (TPSA) is 131 Å². The van der Waals surface area contributed by atoms with Crippen LogP contribution in [0, 0.1) is 10.1 Å². The molecule has 0 radical (unpaired) electrons. The van der Waals surface area contributed by atoms with E-state index in [1.165, 1.54) is 6.92 Å². The molecule has 3 N–H and O–H groups in total. The van der Waals surface area contributed by atoms with Gasteiger partial charge in [0.05, 0.1) is 10.3 Å². The lowest BCUT2D eigenvalue weighted by molar-refractivity contribution is -0.384. The molecule has 1 atom stereocenters. The SMILES string of the molecule is CC1SC(C(N)=O)=C(C(F)(F)F)N1c1nc(NC=O)ccc1[N+](=O)[O-]. The third kappa shape index (κ3) is 3.50. The van der Waals surface area contributed by atoms with Crippen LogP contribution in [0.1, 0.15) is 6.92 Å². The van der Waals surface area contributed by atoms with Crippen molar-refractivity contribution in [1.29, 1.82) is 0 Å². The molecule has 2 heterocycles. The van der Waals surface area contributed by atoms with E-state index in [1.54, 1.807) is 0 Å². The molecule has 9 nitrogen and oxygen atoms in total. The van der Waals surface area contributed by atoms with Crippen LogP contribution in [0.15, 0.2) is 22.7 Å². The number of anilines is 2. The van der Waals surface area contributed by atoms with Gasteiger partial charge in [-0.15, -0.1) is 0 Å². The van der Waals surface area contributed by atoms with Gasteiger partial charge in [0.15, 0.2) is 0 Å². The van der Waals surface area contributed by atoms with Gasteiger partial charge in [-0.1, -0.05) is 11.8 Å². The zero-order valence-electron chi connectivity index (χ0n) is 12.4. The van der Waals surface area contributed by atoms with Crippen molar-refractivity contribution in [2.45, 2.75) is 18.5 Å². The van der Waals surface area contributed by atoms with Gasteiger partial charge < -0.3 is 16.0 Å². The molecule has 0 fully saturated rings. The van der Waals surface area contributed by atoms with Crippen LogP contribution in [-0.4, -0.2) is 33.8 Å². The summed E-state index contributed by atoms with van der Waals surface area (Å²) in [7, 11) is 0. The maximum atomic E-state index is 13.5. The van der Waals surface area contributed by atoms with Crippen molar-refractivity contribution >= 4 is 41.4 Å². The average Bonchev–Trinajstić information content (AvgIpc) is 2.85. The smallest absolute Gasteiger partial charge is 0.365 e. The highest BCUT2D eigenvalue weighted by Crippen LogP contribution is 2.48. The van der Waals surface area contributed by atoms with E-state index in [1.807, 2.05) is 0 Å². The predicted molar refractivity (Wildman–Crippen MR) is 82.4 cm³/mol. The van der Waals surface area contributed by atoms with E-state index in [0.29, 0.717) is 16.7 Å². The number of nitro groups is 1. The van der Waals surface area contributed by atoms with Crippen LogP contribution < -0.4 is 16.0 Å². The Kier molecular flexibility index (Phi) is 4.87. The highest BCUT2D eigenvalue weighted by atomic mass is 32.2. The lowest BCUT2D eigenvalue weighted by atomic mass is 10.2. The zero-order chi connectivity index (χ0) is 18.9. The molecule has 0 saturated heterocycles. The summed E-state index contributed by atoms with van der Waals surface area (Å²) in [6.45, 7) is 1.30. The molecule has 134 valence electrons. The van der Waals surface area contributed by atoms with Crippen molar-refractivity contribution in [3.8, 4) is 0 Å². The maximum Gasteiger partial charge on any atom is 0.432 e. The van der Waals surface area contributed by atoms with Gasteiger partial charge in [-0.25, -0.2) is 4.98 Å². The van der Waals surface area contributed by atoms with Crippen molar-refractivity contribution < 1.29 is 27.7 Å². The Morgan fingerprint density at radius 3 is 2.64 bits per heavy atom. The number of amides is 2. The molecule has 2 amide bonds. The molecule has 1 aliphatic heterocycles. The second-order valence-electron chi connectivity index (χ2n) is 4.69. The Hall–Kier alpha value is -2.83. The largest absolute Gasteiger partial charge is 0.432 e. The Balaban J connectivity index is 2.73. The highest BCUT2D eigenvalue weighted by Gasteiger charge is 2.50. The molecule has 1 aromatic heterocycles. The number of carbonyl (C=O) groups excluding carboxylic acids is 2. The Morgan fingerprint density at radius 1 is 1.52 bits per heavy atom. The number of alkyl halides is 3. The quantitative estimate of drug-likeness (QED) is 0.454. The normalized spacial score (nSPS) is 17.6. The number of nitrogens with one attached hydrogen (secondary N) is 1. The Labute approximate surface area is 142 Å². The van der Waals surface area contributed by atoms with Crippen LogP contribution in [0.4, 0.5) is 30.5 Å². The summed E-state index contributed by atoms with van der Waals surface area (Å²) in [6, 6.07) is 1.97. The van der Waals surface area contributed by atoms with Crippen LogP contribution in [0.25, 0.3) is 0 Å². The van der Waals surface area contributed by atoms with Crippen LogP contribution in [-0.2, 0) is 9.59 Å². The molecule has 0 spiro atoms. The van der Waals surface area contributed by atoms with Gasteiger partial charge in [0.2, 0.25) is 12.2 Å². The summed E-state index contributed by atoms with van der Waals surface area (Å²) >= 11 is 0.510. The van der Waals surface area contributed by atoms with Gasteiger partial charge in [-0.3, -0.25) is 19.7 Å². The Bertz CT molecular complexity index is 783. The predicted octanol–water partition coefficient (Wildman–Crippen LogP) is 1.72. The number of pyridine rings is 1. The number of nitrogens with zero attached hydrogens (tertiary/aromatic N) is 3. The first-order chi connectivity index (χ1) is 11.6. The first-order valence-electron chi connectivity index (χ1n) is 6.50. The second kappa shape index (κ2) is 6.58. The molecule has 1 aromatic rings. The minimum absolute atomic E-state index is 0.193. The van der Waals surface area contributed by atoms with E-state index in [0.717, 1.165) is 12.1 Å². The maximum absolute atomic E-state index is 13.5. The van der Waals surface area contributed by atoms with Gasteiger partial charge in [0.25, 0.3) is 5.91 Å². The van der Waals surface area contributed by atoms with E-state index in [9.17, 15) is 32.9 Å². The van der Waals surface area contributed by atoms with Gasteiger partial charge in [0, 0.05) is 6.07 Å². The van der Waals surface area contributed by atoms with Crippen molar-refractivity contribution in [2.24, 2.45) is 5.73 Å². The van der Waals surface area contributed by atoms with Gasteiger partial charge >= 0.3 is 11.9 Å². The molecule has 2 rings (SSSR count). The Morgan fingerprint density at radius 2 is 2.16 bits per heavy atom. The summed E-state index contributed by atoms with van der Waals surface area (Å²) in [5.41, 5.74) is 2.85. The number of halogens is 3. The number of primary amides is 1. The van der Waals surface area contributed by atoms with E-state index in [2.05, 4.69) is 10.3 Å². The molecule has 0 aliphatic carbocycles. The molecule has 0 saturated carbocycles. The molecular formula is C12H10F3N5O4S. The van der Waals surface area contributed by atoms with E-state index >= 15 is 0 Å². The summed E-state index contributed by atoms with van der Waals surface area (Å²) in [4.78, 5) is 35.6. The fourth-order valence-corrected chi connectivity index (χ4v) is 3.28. The monoisotopic (exact) mass is 377 g/mol. The summed E-state index contributed by atoms with van der Waals surface area (Å²) in [5, 5.41) is 12.2. The van der Waals surface area contributed by atoms with Crippen LogP contribution in [0.5, 0.6) is 0 Å². The molecule has 0 bridgehead atoms. The molecule has 13 heteroatoms.